The van der Waals surface area contributed by atoms with Gasteiger partial charge in [-0.25, -0.2) is 17.6 Å². The maximum absolute atomic E-state index is 14.3. The summed E-state index contributed by atoms with van der Waals surface area (Å²) in [6, 6.07) is 11.9. The van der Waals surface area contributed by atoms with Crippen LogP contribution in [0.5, 0.6) is 0 Å². The summed E-state index contributed by atoms with van der Waals surface area (Å²) in [4.78, 5) is 13.8. The summed E-state index contributed by atoms with van der Waals surface area (Å²) >= 11 is 0. The maximum Gasteiger partial charge on any atom is 0.256 e. The van der Waals surface area contributed by atoms with Crippen molar-refractivity contribution in [1.82, 2.24) is 4.90 Å². The molecule has 0 spiro atoms. The Morgan fingerprint density at radius 3 is 2.09 bits per heavy atom. The molecule has 3 aromatic rings. The fraction of sp³-hybridized carbons (Fsp3) is 0.269. The number of β-amino-alcohol motifs (C(OH)–C–C–N with tert-alkyl or cyclic N) is 1. The minimum absolute atomic E-state index is 0.0697. The van der Waals surface area contributed by atoms with Gasteiger partial charge in [0, 0.05) is 5.69 Å². The Morgan fingerprint density at radius 1 is 0.971 bits per heavy atom. The van der Waals surface area contributed by atoms with Crippen molar-refractivity contribution in [2.45, 2.75) is 33.3 Å². The van der Waals surface area contributed by atoms with Gasteiger partial charge in [0.1, 0.15) is 11.6 Å². The molecule has 1 amide bonds. The van der Waals surface area contributed by atoms with Crippen molar-refractivity contribution < 1.29 is 27.5 Å². The first-order valence-electron chi connectivity index (χ1n) is 11.0. The average molecular weight is 492 g/mol. The van der Waals surface area contributed by atoms with Gasteiger partial charge < -0.3 is 21.1 Å². The molecule has 4 N–H and O–H groups in total. The Bertz CT molecular complexity index is 1140. The van der Waals surface area contributed by atoms with E-state index in [4.69, 9.17) is 5.73 Å². The monoisotopic (exact) mass is 491 g/mol. The zero-order chi connectivity index (χ0) is 26.3. The van der Waals surface area contributed by atoms with Gasteiger partial charge in [0.05, 0.1) is 35.6 Å². The highest BCUT2D eigenvalue weighted by Crippen LogP contribution is 2.31. The van der Waals surface area contributed by atoms with Crippen LogP contribution in [0.25, 0.3) is 0 Å². The van der Waals surface area contributed by atoms with Crippen LogP contribution in [0, 0.1) is 30.2 Å². The molecule has 0 bridgehead atoms. The van der Waals surface area contributed by atoms with Crippen LogP contribution in [0.15, 0.2) is 54.6 Å². The largest absolute Gasteiger partial charge is 0.399 e. The van der Waals surface area contributed by atoms with Crippen LogP contribution in [-0.4, -0.2) is 34.6 Å². The van der Waals surface area contributed by atoms with Crippen LogP contribution in [0.3, 0.4) is 0 Å². The second kappa shape index (κ2) is 11.7. The Balaban J connectivity index is 0.000000363. The van der Waals surface area contributed by atoms with Crippen LogP contribution in [0.2, 0.25) is 0 Å². The third-order valence-electron chi connectivity index (χ3n) is 4.93. The minimum atomic E-state index is -1.27. The molecule has 188 valence electrons. The number of likely N-dealkylation sites (tertiary alicyclic amines) is 1. The number of benzene rings is 3. The second-order valence-corrected chi connectivity index (χ2v) is 8.10. The number of hydrogen-bond acceptors (Lipinski definition) is 4. The molecule has 0 aromatic heterocycles. The van der Waals surface area contributed by atoms with Crippen LogP contribution < -0.4 is 11.1 Å². The van der Waals surface area contributed by atoms with Gasteiger partial charge in [-0.05, 0) is 67.9 Å². The fourth-order valence-electron chi connectivity index (χ4n) is 3.26. The molecule has 0 atom stereocenters. The molecular weight excluding hydrogens is 462 g/mol. The zero-order valence-electron chi connectivity index (χ0n) is 20.0. The molecule has 1 saturated heterocycles. The van der Waals surface area contributed by atoms with Crippen LogP contribution in [-0.2, 0) is 0 Å². The summed E-state index contributed by atoms with van der Waals surface area (Å²) in [5.41, 5.74) is 4.89. The van der Waals surface area contributed by atoms with Crippen molar-refractivity contribution >= 4 is 23.0 Å². The van der Waals surface area contributed by atoms with Gasteiger partial charge in [-0.2, -0.15) is 0 Å². The van der Waals surface area contributed by atoms with E-state index in [1.54, 1.807) is 19.9 Å². The number of aliphatic hydroxyl groups is 1. The fourth-order valence-corrected chi connectivity index (χ4v) is 3.26. The standard InChI is InChI=1S/C18H17F3N2O2.C6H6FN.C2H6/c1-10-3-6-14(13(20)7-10)22-16-11(4-5-12(19)15(16)21)17(24)23-8-18(2,25)9-23;7-5-1-3-6(8)4-2-5;1-2/h3-7,22,25H,8-9H2,1-2H3;1-4H,8H2;1-2H3. The summed E-state index contributed by atoms with van der Waals surface area (Å²) in [6.45, 7) is 7.44. The van der Waals surface area contributed by atoms with E-state index in [1.807, 2.05) is 13.8 Å². The number of nitrogens with one attached hydrogen (secondary N) is 1. The number of halogens is 4. The lowest BCUT2D eigenvalue weighted by atomic mass is 9.95. The summed E-state index contributed by atoms with van der Waals surface area (Å²) in [5.74, 6) is -3.88. The minimum Gasteiger partial charge on any atom is -0.399 e. The van der Waals surface area contributed by atoms with Crippen LogP contribution >= 0.6 is 0 Å². The number of anilines is 3. The molecule has 0 radical (unpaired) electrons. The van der Waals surface area contributed by atoms with Crippen molar-refractivity contribution in [3.63, 3.8) is 0 Å². The quantitative estimate of drug-likeness (QED) is 0.320. The first-order chi connectivity index (χ1) is 16.5. The van der Waals surface area contributed by atoms with Crippen LogP contribution in [0.4, 0.5) is 34.6 Å². The number of amides is 1. The molecule has 1 aliphatic heterocycles. The third-order valence-corrected chi connectivity index (χ3v) is 4.93. The summed E-state index contributed by atoms with van der Waals surface area (Å²) in [7, 11) is 0. The van der Waals surface area contributed by atoms with Crippen molar-refractivity contribution in [2.75, 3.05) is 24.1 Å². The Kier molecular flexibility index (Phi) is 9.25. The Labute approximate surface area is 202 Å². The molecule has 3 aromatic carbocycles. The zero-order valence-corrected chi connectivity index (χ0v) is 20.0. The highest BCUT2D eigenvalue weighted by Gasteiger charge is 2.40. The predicted octanol–water partition coefficient (Wildman–Crippen LogP) is 5.80. The molecule has 4 rings (SSSR count). The van der Waals surface area contributed by atoms with E-state index >= 15 is 0 Å². The maximum atomic E-state index is 14.3. The van der Waals surface area contributed by atoms with Gasteiger partial charge >= 0.3 is 0 Å². The number of nitrogens with two attached hydrogens (primary N) is 1. The Morgan fingerprint density at radius 2 is 1.57 bits per heavy atom. The van der Waals surface area contributed by atoms with E-state index in [2.05, 4.69) is 5.32 Å². The van der Waals surface area contributed by atoms with E-state index < -0.39 is 34.6 Å². The summed E-state index contributed by atoms with van der Waals surface area (Å²) < 4.78 is 54.0. The van der Waals surface area contributed by atoms with Crippen molar-refractivity contribution in [2.24, 2.45) is 0 Å². The lowest BCUT2D eigenvalue weighted by Gasteiger charge is -2.44. The van der Waals surface area contributed by atoms with E-state index in [9.17, 15) is 27.5 Å². The SMILES string of the molecule is CC.Cc1ccc(Nc2c(C(=O)N3CC(C)(O)C3)ccc(F)c2F)c(F)c1.Nc1ccc(F)cc1. The number of aryl methyl sites for hydroxylation is 1. The van der Waals surface area contributed by atoms with Crippen molar-refractivity contribution in [1.29, 1.82) is 0 Å². The molecule has 9 heteroatoms. The summed E-state index contributed by atoms with van der Waals surface area (Å²) in [5, 5.41) is 12.2. The second-order valence-electron chi connectivity index (χ2n) is 8.10. The molecule has 0 saturated carbocycles. The molecule has 1 fully saturated rings. The van der Waals surface area contributed by atoms with Crippen LogP contribution in [0.1, 0.15) is 36.7 Å². The Hall–Kier alpha value is -3.59. The van der Waals surface area contributed by atoms with Gasteiger partial charge in [-0.15, -0.1) is 0 Å². The van der Waals surface area contributed by atoms with Gasteiger partial charge in [0.25, 0.3) is 5.91 Å². The van der Waals surface area contributed by atoms with Gasteiger partial charge in [0.2, 0.25) is 0 Å². The smallest absolute Gasteiger partial charge is 0.256 e. The van der Waals surface area contributed by atoms with Crippen molar-refractivity contribution in [3.05, 3.63) is 89.0 Å². The van der Waals surface area contributed by atoms with Gasteiger partial charge in [0.15, 0.2) is 11.6 Å². The lowest BCUT2D eigenvalue weighted by molar-refractivity contribution is -0.0668. The topological polar surface area (TPSA) is 78.6 Å². The third kappa shape index (κ3) is 7.19. The number of rotatable bonds is 3. The number of hydrogen-bond donors (Lipinski definition) is 3. The number of carbonyl (C=O) groups excluding carboxylic acids is 1. The molecule has 35 heavy (non-hydrogen) atoms. The molecule has 5 nitrogen and oxygen atoms in total. The molecular formula is C26H29F4N3O2. The molecule has 1 aliphatic rings. The average Bonchev–Trinajstić information content (AvgIpc) is 2.80. The number of carbonyl (C=O) groups is 1. The number of nitrogen functional groups attached to an aromatic ring is 1. The van der Waals surface area contributed by atoms with E-state index in [0.29, 0.717) is 11.3 Å². The highest BCUT2D eigenvalue weighted by atomic mass is 19.2. The predicted molar refractivity (Wildman–Crippen MR) is 129 cm³/mol. The number of nitrogens with zero attached hydrogens (tertiary/aromatic N) is 1. The first kappa shape index (κ1) is 27.7. The molecule has 0 aliphatic carbocycles. The van der Waals surface area contributed by atoms with Gasteiger partial charge in [-0.3, -0.25) is 4.79 Å². The van der Waals surface area contributed by atoms with E-state index in [-0.39, 0.29) is 30.2 Å². The van der Waals surface area contributed by atoms with E-state index in [0.717, 1.165) is 12.1 Å². The highest BCUT2D eigenvalue weighted by molar-refractivity contribution is 6.01. The lowest BCUT2D eigenvalue weighted by Crippen LogP contribution is -2.61. The van der Waals surface area contributed by atoms with Crippen molar-refractivity contribution in [3.8, 4) is 0 Å². The summed E-state index contributed by atoms with van der Waals surface area (Å²) in [6.07, 6.45) is 0. The van der Waals surface area contributed by atoms with E-state index in [1.165, 1.54) is 41.3 Å². The normalized spacial score (nSPS) is 13.5. The first-order valence-corrected chi connectivity index (χ1v) is 11.0. The molecule has 1 heterocycles. The molecule has 0 unspecified atom stereocenters. The van der Waals surface area contributed by atoms with Gasteiger partial charge in [-0.1, -0.05) is 19.9 Å².